The first-order chi connectivity index (χ1) is 22.7. The van der Waals surface area contributed by atoms with Gasteiger partial charge in [0, 0.05) is 77.6 Å². The van der Waals surface area contributed by atoms with Gasteiger partial charge in [-0.1, -0.05) is 49.4 Å². The second-order valence-electron chi connectivity index (χ2n) is 13.5. The quantitative estimate of drug-likeness (QED) is 0.423. The van der Waals surface area contributed by atoms with Gasteiger partial charge in [-0.2, -0.15) is 0 Å². The van der Waals surface area contributed by atoms with E-state index >= 15 is 0 Å². The molecular formula is C37H49N5O5. The third kappa shape index (κ3) is 6.51. The van der Waals surface area contributed by atoms with Crippen molar-refractivity contribution in [1.29, 1.82) is 0 Å². The normalized spacial score (nSPS) is 26.9. The Labute approximate surface area is 278 Å². The van der Waals surface area contributed by atoms with Crippen molar-refractivity contribution < 1.29 is 24.2 Å². The zero-order valence-corrected chi connectivity index (χ0v) is 28.2. The van der Waals surface area contributed by atoms with Crippen LogP contribution in [0.4, 0.5) is 4.79 Å². The number of rotatable bonds is 8. The van der Waals surface area contributed by atoms with Crippen LogP contribution < -0.4 is 4.74 Å². The second kappa shape index (κ2) is 14.1. The molecule has 0 radical (unpaired) electrons. The minimum Gasteiger partial charge on any atom is -0.504 e. The number of hydrogen-bond donors (Lipinski definition) is 1. The van der Waals surface area contributed by atoms with Gasteiger partial charge in [-0.15, -0.1) is 0 Å². The molecule has 10 heteroatoms. The van der Waals surface area contributed by atoms with Gasteiger partial charge >= 0.3 is 6.03 Å². The molecule has 4 fully saturated rings. The van der Waals surface area contributed by atoms with Gasteiger partial charge in [0.25, 0.3) is 5.91 Å². The summed E-state index contributed by atoms with van der Waals surface area (Å²) in [5.74, 6) is 0.669. The lowest BCUT2D eigenvalue weighted by Crippen LogP contribution is -2.52. The highest BCUT2D eigenvalue weighted by molar-refractivity contribution is 6.08. The van der Waals surface area contributed by atoms with E-state index in [4.69, 9.17) is 9.47 Å². The van der Waals surface area contributed by atoms with E-state index in [1.54, 1.807) is 12.1 Å². The molecule has 47 heavy (non-hydrogen) atoms. The Morgan fingerprint density at radius 2 is 1.83 bits per heavy atom. The van der Waals surface area contributed by atoms with Crippen LogP contribution in [0.3, 0.4) is 0 Å². The van der Waals surface area contributed by atoms with E-state index in [1.807, 2.05) is 11.0 Å². The van der Waals surface area contributed by atoms with Crippen LogP contribution in [-0.2, 0) is 16.1 Å². The molecule has 1 N–H and O–H groups in total. The minimum absolute atomic E-state index is 0.0261. The Bertz CT molecular complexity index is 1510. The average molecular weight is 644 g/mol. The van der Waals surface area contributed by atoms with Crippen molar-refractivity contribution in [2.45, 2.75) is 44.3 Å². The van der Waals surface area contributed by atoms with Crippen LogP contribution in [0.2, 0.25) is 0 Å². The summed E-state index contributed by atoms with van der Waals surface area (Å²) in [6.45, 7) is 8.26. The predicted octanol–water partition coefficient (Wildman–Crippen LogP) is 4.16. The Morgan fingerprint density at radius 3 is 2.55 bits per heavy atom. The Kier molecular flexibility index (Phi) is 9.91. The van der Waals surface area contributed by atoms with Crippen LogP contribution in [0.5, 0.6) is 11.5 Å². The fraction of sp³-hybridized carbons (Fsp3) is 0.514. The number of benzene rings is 1. The maximum atomic E-state index is 13.8. The molecule has 6 aliphatic rings. The number of likely N-dealkylation sites (N-methyl/N-ethyl adjacent to an activating group) is 1. The summed E-state index contributed by atoms with van der Waals surface area (Å²) >= 11 is 0. The van der Waals surface area contributed by atoms with Crippen molar-refractivity contribution in [2.24, 2.45) is 5.92 Å². The van der Waals surface area contributed by atoms with Crippen LogP contribution in [0.15, 0.2) is 77.6 Å². The molecule has 3 amide bonds. The predicted molar refractivity (Wildman–Crippen MR) is 182 cm³/mol. The van der Waals surface area contributed by atoms with E-state index in [1.165, 1.54) is 28.9 Å². The van der Waals surface area contributed by atoms with Gasteiger partial charge in [-0.3, -0.25) is 19.5 Å². The first kappa shape index (κ1) is 33.1. The number of allylic oxidation sites excluding steroid dienone is 9. The van der Waals surface area contributed by atoms with Gasteiger partial charge in [0.1, 0.15) is 5.54 Å². The topological polar surface area (TPSA) is 89.0 Å². The van der Waals surface area contributed by atoms with Crippen molar-refractivity contribution in [3.63, 3.8) is 0 Å². The zero-order valence-electron chi connectivity index (χ0n) is 28.2. The number of fused-ring (bicyclic) bond motifs is 2. The van der Waals surface area contributed by atoms with Crippen molar-refractivity contribution >= 4 is 11.9 Å². The van der Waals surface area contributed by atoms with Crippen LogP contribution in [0, 0.1) is 5.92 Å². The lowest BCUT2D eigenvalue weighted by Gasteiger charge is -2.31. The van der Waals surface area contributed by atoms with Gasteiger partial charge in [0.15, 0.2) is 11.5 Å². The molecule has 252 valence electrons. The molecular weight excluding hydrogens is 594 g/mol. The lowest BCUT2D eigenvalue weighted by atomic mass is 9.87. The highest BCUT2D eigenvalue weighted by atomic mass is 16.5. The Morgan fingerprint density at radius 1 is 1.04 bits per heavy atom. The molecule has 4 heterocycles. The summed E-state index contributed by atoms with van der Waals surface area (Å²) in [5.41, 5.74) is 4.27. The highest BCUT2D eigenvalue weighted by Gasteiger charge is 2.69. The molecule has 4 aliphatic heterocycles. The molecule has 1 aromatic carbocycles. The van der Waals surface area contributed by atoms with E-state index in [2.05, 4.69) is 78.3 Å². The second-order valence-corrected chi connectivity index (χ2v) is 13.5. The van der Waals surface area contributed by atoms with Crippen LogP contribution in [0.1, 0.15) is 31.7 Å². The van der Waals surface area contributed by atoms with Gasteiger partial charge in [0.2, 0.25) is 0 Å². The number of nitrogens with zero attached hydrogens (tertiary/aromatic N) is 5. The van der Waals surface area contributed by atoms with E-state index in [9.17, 15) is 14.7 Å². The maximum absolute atomic E-state index is 13.8. The summed E-state index contributed by atoms with van der Waals surface area (Å²) < 4.78 is 10.6. The number of phenols is 1. The molecule has 0 aromatic heterocycles. The van der Waals surface area contributed by atoms with Crippen molar-refractivity contribution in [3.8, 4) is 11.5 Å². The first-order valence-electron chi connectivity index (χ1n) is 16.9. The van der Waals surface area contributed by atoms with Crippen LogP contribution in [-0.4, -0.2) is 127 Å². The number of carbonyl (C=O) groups is 2. The van der Waals surface area contributed by atoms with Crippen molar-refractivity contribution in [1.82, 2.24) is 24.5 Å². The molecule has 1 aromatic rings. The minimum atomic E-state index is -0.753. The van der Waals surface area contributed by atoms with Crippen LogP contribution >= 0.6 is 0 Å². The standard InChI is InChI=1S/C24H34N4O5.C13H15N/c1-3-19-13-18-15-26(14-17-4-5-21(32-2)20(29)12-17)16-24(18)22(30)27(23(31)28(19)24)7-6-25-8-10-33-11-9-25;1-14(2)13-9-5-7-11-6-3-4-8-12(13)10-11/h4-5,12,18-19,29H,3,6-11,13-16H2,1-2H3;3-9H,10H2,1-2H3/t18-,19?,24+;/m1./s1. The summed E-state index contributed by atoms with van der Waals surface area (Å²) in [5, 5.41) is 10.2. The van der Waals surface area contributed by atoms with E-state index in [0.717, 1.165) is 44.5 Å². The van der Waals surface area contributed by atoms with E-state index in [-0.39, 0.29) is 29.6 Å². The van der Waals surface area contributed by atoms with Gasteiger partial charge in [-0.05, 0) is 54.2 Å². The number of phenolic OH excluding ortho intramolecular Hbond substituents is 1. The monoisotopic (exact) mass is 643 g/mol. The number of aromatic hydroxyl groups is 1. The zero-order chi connectivity index (χ0) is 33.1. The number of ether oxygens (including phenoxy) is 2. The third-order valence-corrected chi connectivity index (χ3v) is 10.4. The first-order valence-corrected chi connectivity index (χ1v) is 16.9. The molecule has 1 unspecified atom stereocenters. The third-order valence-electron chi connectivity index (χ3n) is 10.4. The molecule has 2 bridgehead atoms. The van der Waals surface area contributed by atoms with Crippen molar-refractivity contribution in [2.75, 3.05) is 73.7 Å². The number of morpholine rings is 1. The summed E-state index contributed by atoms with van der Waals surface area (Å²) in [7, 11) is 5.70. The number of urea groups is 1. The summed E-state index contributed by atoms with van der Waals surface area (Å²) in [4.78, 5) is 37.4. The molecule has 3 atom stereocenters. The van der Waals surface area contributed by atoms with E-state index in [0.29, 0.717) is 45.1 Å². The Hall–Kier alpha value is -3.86. The summed E-state index contributed by atoms with van der Waals surface area (Å²) in [6, 6.07) is 5.41. The van der Waals surface area contributed by atoms with Gasteiger partial charge in [-0.25, -0.2) is 4.79 Å². The number of imide groups is 1. The lowest BCUT2D eigenvalue weighted by molar-refractivity contribution is -0.133. The molecule has 7 rings (SSSR count). The van der Waals surface area contributed by atoms with Crippen molar-refractivity contribution in [3.05, 3.63) is 83.1 Å². The number of hydrogen-bond acceptors (Lipinski definition) is 8. The smallest absolute Gasteiger partial charge is 0.328 e. The molecule has 4 saturated heterocycles. The number of likely N-dealkylation sites (tertiary alicyclic amines) is 1. The van der Waals surface area contributed by atoms with E-state index < -0.39 is 5.54 Å². The highest BCUT2D eigenvalue weighted by Crippen LogP contribution is 2.50. The van der Waals surface area contributed by atoms with Gasteiger partial charge < -0.3 is 24.4 Å². The number of carbonyl (C=O) groups excluding carboxylic acids is 2. The Balaban J connectivity index is 0.000000230. The number of amides is 3. The number of methoxy groups -OCH3 is 1. The van der Waals surface area contributed by atoms with Gasteiger partial charge in [0.05, 0.1) is 20.3 Å². The fourth-order valence-corrected chi connectivity index (χ4v) is 8.03. The molecule has 1 spiro atoms. The van der Waals surface area contributed by atoms with Crippen LogP contribution in [0.25, 0.3) is 0 Å². The maximum Gasteiger partial charge on any atom is 0.328 e. The molecule has 0 saturated carbocycles. The fourth-order valence-electron chi connectivity index (χ4n) is 8.03. The SMILES string of the molecule is CCC1C[C@@H]2CN(Cc3ccc(OC)c(O)c3)C[C@@]23C(=O)N(CCN2CCOCC2)C(=O)N13.CN(C)C1=CC=CC2=CC=CC=C1C2. The molecule has 10 nitrogen and oxygen atoms in total. The molecule has 2 aliphatic carbocycles. The summed E-state index contributed by atoms with van der Waals surface area (Å²) in [6.07, 6.45) is 17.8. The average Bonchev–Trinajstić information content (AvgIpc) is 3.44. The largest absolute Gasteiger partial charge is 0.504 e.